The van der Waals surface area contributed by atoms with E-state index in [1.165, 1.54) is 0 Å². The van der Waals surface area contributed by atoms with Crippen LogP contribution in [0, 0.1) is 6.92 Å². The molecule has 0 fully saturated rings. The lowest BCUT2D eigenvalue weighted by atomic mass is 10.0. The molecule has 1 heterocycles. The number of nitrogens with zero attached hydrogens (tertiary/aromatic N) is 3. The highest BCUT2D eigenvalue weighted by atomic mass is 16.5. The first-order valence-corrected chi connectivity index (χ1v) is 6.51. The van der Waals surface area contributed by atoms with E-state index >= 15 is 0 Å². The van der Waals surface area contributed by atoms with Gasteiger partial charge in [-0.2, -0.15) is 5.10 Å². The minimum Gasteiger partial charge on any atom is -0.481 e. The molecule has 0 amide bonds. The van der Waals surface area contributed by atoms with Crippen LogP contribution in [-0.4, -0.2) is 40.9 Å². The number of methoxy groups -OCH3 is 1. The Bertz CT molecular complexity index is 387. The lowest BCUT2D eigenvalue weighted by Gasteiger charge is -2.33. The van der Waals surface area contributed by atoms with Gasteiger partial charge in [-0.3, -0.25) is 4.90 Å². The van der Waals surface area contributed by atoms with Crippen LogP contribution in [-0.2, 0) is 7.05 Å². The Labute approximate surface area is 110 Å². The first-order chi connectivity index (χ1) is 8.47. The van der Waals surface area contributed by atoms with Gasteiger partial charge in [0.2, 0.25) is 5.88 Å². The molecule has 0 aliphatic carbocycles. The summed E-state index contributed by atoms with van der Waals surface area (Å²) in [7, 11) is 3.58. The number of nitrogens with two attached hydrogens (primary N) is 1. The predicted molar refractivity (Wildman–Crippen MR) is 73.8 cm³/mol. The summed E-state index contributed by atoms with van der Waals surface area (Å²) >= 11 is 0. The van der Waals surface area contributed by atoms with Gasteiger partial charge in [0.1, 0.15) is 0 Å². The second kappa shape index (κ2) is 6.20. The number of aryl methyl sites for hydroxylation is 2. The van der Waals surface area contributed by atoms with Gasteiger partial charge in [-0.25, -0.2) is 4.68 Å². The quantitative estimate of drug-likeness (QED) is 0.835. The maximum absolute atomic E-state index is 5.99. The van der Waals surface area contributed by atoms with Crippen molar-refractivity contribution in [2.45, 2.75) is 39.8 Å². The van der Waals surface area contributed by atoms with E-state index in [1.54, 1.807) is 11.8 Å². The molecule has 5 nitrogen and oxygen atoms in total. The molecule has 0 saturated carbocycles. The summed E-state index contributed by atoms with van der Waals surface area (Å²) in [5.74, 6) is 0.807. The Morgan fingerprint density at radius 2 is 2.06 bits per heavy atom. The highest BCUT2D eigenvalue weighted by Crippen LogP contribution is 2.32. The van der Waals surface area contributed by atoms with E-state index in [9.17, 15) is 0 Å². The fourth-order valence-corrected chi connectivity index (χ4v) is 2.64. The lowest BCUT2D eigenvalue weighted by molar-refractivity contribution is 0.163. The van der Waals surface area contributed by atoms with Crippen LogP contribution in [0.1, 0.15) is 38.1 Å². The fraction of sp³-hybridized carbons (Fsp3) is 0.769. The van der Waals surface area contributed by atoms with Gasteiger partial charge in [-0.1, -0.05) is 6.92 Å². The zero-order chi connectivity index (χ0) is 13.9. The normalized spacial score (nSPS) is 13.4. The summed E-state index contributed by atoms with van der Waals surface area (Å²) in [6, 6.07) is 0.589. The van der Waals surface area contributed by atoms with Gasteiger partial charge >= 0.3 is 0 Å². The molecule has 0 aliphatic heterocycles. The average Bonchev–Trinajstić information content (AvgIpc) is 2.59. The molecule has 0 bridgehead atoms. The monoisotopic (exact) mass is 254 g/mol. The summed E-state index contributed by atoms with van der Waals surface area (Å²) < 4.78 is 7.25. The SMILES string of the molecule is CCN(C(C)C)C(CN)c1c(C)nn(C)c1OC. The fourth-order valence-electron chi connectivity index (χ4n) is 2.64. The minimum absolute atomic E-state index is 0.152. The van der Waals surface area contributed by atoms with Crippen LogP contribution in [0.15, 0.2) is 0 Å². The van der Waals surface area contributed by atoms with Gasteiger partial charge in [0, 0.05) is 19.6 Å². The Kier molecular flexibility index (Phi) is 5.16. The summed E-state index contributed by atoms with van der Waals surface area (Å²) in [5.41, 5.74) is 8.09. The van der Waals surface area contributed by atoms with Crippen molar-refractivity contribution in [2.24, 2.45) is 12.8 Å². The number of likely N-dealkylation sites (N-methyl/N-ethyl adjacent to an activating group) is 1. The van der Waals surface area contributed by atoms with Crippen LogP contribution in [0.2, 0.25) is 0 Å². The molecule has 1 aromatic heterocycles. The number of hydrogen-bond donors (Lipinski definition) is 1. The molecule has 104 valence electrons. The maximum Gasteiger partial charge on any atom is 0.216 e. The molecule has 18 heavy (non-hydrogen) atoms. The molecular formula is C13H26N4O. The van der Waals surface area contributed by atoms with E-state index in [0.717, 1.165) is 23.7 Å². The molecule has 1 aromatic rings. The van der Waals surface area contributed by atoms with E-state index in [-0.39, 0.29) is 6.04 Å². The lowest BCUT2D eigenvalue weighted by Crippen LogP contribution is -2.38. The predicted octanol–water partition coefficient (Wildman–Crippen LogP) is 1.47. The molecule has 0 aliphatic rings. The third kappa shape index (κ3) is 2.67. The van der Waals surface area contributed by atoms with Crippen LogP contribution >= 0.6 is 0 Å². The van der Waals surface area contributed by atoms with Gasteiger partial charge in [-0.15, -0.1) is 0 Å². The van der Waals surface area contributed by atoms with Crippen molar-refractivity contribution >= 4 is 0 Å². The average molecular weight is 254 g/mol. The molecule has 1 atom stereocenters. The Balaban J connectivity index is 3.23. The van der Waals surface area contributed by atoms with Crippen LogP contribution in [0.3, 0.4) is 0 Å². The molecular weight excluding hydrogens is 228 g/mol. The highest BCUT2D eigenvalue weighted by Gasteiger charge is 2.28. The van der Waals surface area contributed by atoms with Crippen molar-refractivity contribution in [2.75, 3.05) is 20.2 Å². The van der Waals surface area contributed by atoms with Crippen LogP contribution < -0.4 is 10.5 Å². The van der Waals surface area contributed by atoms with Gasteiger partial charge in [0.25, 0.3) is 0 Å². The molecule has 5 heteroatoms. The van der Waals surface area contributed by atoms with E-state index in [2.05, 4.69) is 30.8 Å². The van der Waals surface area contributed by atoms with Crippen molar-refractivity contribution in [1.29, 1.82) is 0 Å². The van der Waals surface area contributed by atoms with E-state index in [0.29, 0.717) is 12.6 Å². The zero-order valence-corrected chi connectivity index (χ0v) is 12.4. The van der Waals surface area contributed by atoms with Gasteiger partial charge in [-0.05, 0) is 27.3 Å². The van der Waals surface area contributed by atoms with Crippen molar-refractivity contribution in [3.8, 4) is 5.88 Å². The van der Waals surface area contributed by atoms with E-state index < -0.39 is 0 Å². The zero-order valence-electron chi connectivity index (χ0n) is 12.4. The second-order valence-corrected chi connectivity index (χ2v) is 4.81. The standard InChI is InChI=1S/C13H26N4O/c1-7-17(9(2)3)11(8-14)12-10(4)15-16(5)13(12)18-6/h9,11H,7-8,14H2,1-6H3. The smallest absolute Gasteiger partial charge is 0.216 e. The third-order valence-electron chi connectivity index (χ3n) is 3.39. The number of aromatic nitrogens is 2. The molecule has 0 spiro atoms. The Morgan fingerprint density at radius 3 is 2.44 bits per heavy atom. The van der Waals surface area contributed by atoms with Gasteiger partial charge in [0.15, 0.2) is 0 Å². The first-order valence-electron chi connectivity index (χ1n) is 6.51. The topological polar surface area (TPSA) is 56.3 Å². The number of ether oxygens (including phenoxy) is 1. The van der Waals surface area contributed by atoms with E-state index in [4.69, 9.17) is 10.5 Å². The molecule has 1 unspecified atom stereocenters. The molecule has 0 radical (unpaired) electrons. The van der Waals surface area contributed by atoms with Crippen molar-refractivity contribution in [3.63, 3.8) is 0 Å². The molecule has 0 saturated heterocycles. The van der Waals surface area contributed by atoms with Crippen molar-refractivity contribution < 1.29 is 4.74 Å². The Morgan fingerprint density at radius 1 is 1.44 bits per heavy atom. The summed E-state index contributed by atoms with van der Waals surface area (Å²) in [4.78, 5) is 2.37. The minimum atomic E-state index is 0.152. The maximum atomic E-state index is 5.99. The third-order valence-corrected chi connectivity index (χ3v) is 3.39. The molecule has 0 aromatic carbocycles. The summed E-state index contributed by atoms with van der Waals surface area (Å²) in [6.45, 7) is 10.1. The van der Waals surface area contributed by atoms with Crippen LogP contribution in [0.25, 0.3) is 0 Å². The van der Waals surface area contributed by atoms with Gasteiger partial charge < -0.3 is 10.5 Å². The van der Waals surface area contributed by atoms with Gasteiger partial charge in [0.05, 0.1) is 24.4 Å². The number of rotatable bonds is 6. The molecule has 1 rings (SSSR count). The van der Waals surface area contributed by atoms with Crippen LogP contribution in [0.5, 0.6) is 5.88 Å². The highest BCUT2D eigenvalue weighted by molar-refractivity contribution is 5.34. The van der Waals surface area contributed by atoms with Crippen molar-refractivity contribution in [3.05, 3.63) is 11.3 Å². The number of hydrogen-bond acceptors (Lipinski definition) is 4. The Hall–Kier alpha value is -1.07. The molecule has 2 N–H and O–H groups in total. The van der Waals surface area contributed by atoms with Crippen LogP contribution in [0.4, 0.5) is 0 Å². The summed E-state index contributed by atoms with van der Waals surface area (Å²) in [6.07, 6.45) is 0. The van der Waals surface area contributed by atoms with Crippen molar-refractivity contribution in [1.82, 2.24) is 14.7 Å². The second-order valence-electron chi connectivity index (χ2n) is 4.81. The summed E-state index contributed by atoms with van der Waals surface area (Å²) in [5, 5.41) is 4.44. The van der Waals surface area contributed by atoms with E-state index in [1.807, 2.05) is 14.0 Å². The largest absolute Gasteiger partial charge is 0.481 e. The first kappa shape index (κ1) is 15.0.